The summed E-state index contributed by atoms with van der Waals surface area (Å²) in [5.41, 5.74) is 5.35. The molecule has 1 saturated heterocycles. The van der Waals surface area contributed by atoms with Gasteiger partial charge in [-0.2, -0.15) is 0 Å². The first-order chi connectivity index (χ1) is 11.4. The van der Waals surface area contributed by atoms with Gasteiger partial charge in [0.2, 0.25) is 5.91 Å². The van der Waals surface area contributed by atoms with Crippen LogP contribution < -0.4 is 11.1 Å². The summed E-state index contributed by atoms with van der Waals surface area (Å²) in [6.45, 7) is 2.81. The van der Waals surface area contributed by atoms with Crippen LogP contribution in [-0.2, 0) is 4.79 Å². The van der Waals surface area contributed by atoms with Crippen molar-refractivity contribution in [3.63, 3.8) is 0 Å². The van der Waals surface area contributed by atoms with Crippen LogP contribution in [-0.4, -0.2) is 29.9 Å². The molecule has 0 spiro atoms. The topological polar surface area (TPSA) is 75.4 Å². The molecule has 7 heteroatoms. The molecule has 1 heterocycles. The number of urea groups is 1. The molecular weight excluding hydrogens is 316 g/mol. The lowest BCUT2D eigenvalue weighted by molar-refractivity contribution is -0.119. The van der Waals surface area contributed by atoms with E-state index in [1.807, 2.05) is 0 Å². The number of piperidine rings is 1. The lowest BCUT2D eigenvalue weighted by Crippen LogP contribution is -2.47. The minimum Gasteiger partial charge on any atom is -0.370 e. The summed E-state index contributed by atoms with van der Waals surface area (Å²) in [5, 5.41) is 2.76. The molecule has 132 valence electrons. The van der Waals surface area contributed by atoms with Crippen LogP contribution in [0.4, 0.5) is 13.6 Å². The number of nitrogens with zero attached hydrogens (tertiary/aromatic N) is 1. The third-order valence-electron chi connectivity index (χ3n) is 4.34. The van der Waals surface area contributed by atoms with Crippen molar-refractivity contribution < 1.29 is 18.4 Å². The van der Waals surface area contributed by atoms with Crippen molar-refractivity contribution in [2.24, 2.45) is 11.7 Å². The Balaban J connectivity index is 2.03. The summed E-state index contributed by atoms with van der Waals surface area (Å²) in [4.78, 5) is 25.1. The minimum atomic E-state index is -0.607. The van der Waals surface area contributed by atoms with Crippen molar-refractivity contribution in [2.75, 3.05) is 13.1 Å². The van der Waals surface area contributed by atoms with E-state index in [2.05, 4.69) is 5.32 Å². The van der Waals surface area contributed by atoms with Crippen molar-refractivity contribution in [1.82, 2.24) is 10.2 Å². The van der Waals surface area contributed by atoms with Crippen LogP contribution in [0.25, 0.3) is 0 Å². The number of carbonyl (C=O) groups is 2. The molecule has 1 aromatic carbocycles. The molecule has 1 aliphatic heterocycles. The SMILES string of the molecule is CC[C@@H](NC(=O)N1CCC[C@@H](CC(N)=O)C1)c1cc(F)ccc1F. The quantitative estimate of drug-likeness (QED) is 0.865. The standard InChI is InChI=1S/C17H23F2N3O2/c1-2-15(13-9-12(18)5-6-14(13)19)21-17(24)22-7-3-4-11(10-22)8-16(20)23/h5-6,9,11,15H,2-4,7-8,10H2,1H3,(H2,20,23)(H,21,24)/t11-,15+/m0/s1. The molecule has 0 unspecified atom stereocenters. The van der Waals surface area contributed by atoms with Crippen LogP contribution >= 0.6 is 0 Å². The Morgan fingerprint density at radius 1 is 1.42 bits per heavy atom. The predicted molar refractivity (Wildman–Crippen MR) is 86.0 cm³/mol. The number of benzene rings is 1. The molecule has 1 aromatic rings. The highest BCUT2D eigenvalue weighted by molar-refractivity contribution is 5.76. The van der Waals surface area contributed by atoms with Crippen LogP contribution in [0.15, 0.2) is 18.2 Å². The van der Waals surface area contributed by atoms with Crippen LogP contribution in [0.1, 0.15) is 44.2 Å². The summed E-state index contributed by atoms with van der Waals surface area (Å²) >= 11 is 0. The zero-order valence-corrected chi connectivity index (χ0v) is 13.7. The molecule has 3 N–H and O–H groups in total. The Kier molecular flexibility index (Phi) is 6.11. The molecular formula is C17H23F2N3O2. The Labute approximate surface area is 140 Å². The predicted octanol–water partition coefficient (Wildman–Crippen LogP) is 2.71. The van der Waals surface area contributed by atoms with E-state index in [9.17, 15) is 18.4 Å². The fraction of sp³-hybridized carbons (Fsp3) is 0.529. The number of likely N-dealkylation sites (tertiary alicyclic amines) is 1. The normalized spacial score (nSPS) is 19.0. The fourth-order valence-electron chi connectivity index (χ4n) is 3.12. The zero-order chi connectivity index (χ0) is 17.7. The number of primary amides is 1. The van der Waals surface area contributed by atoms with Gasteiger partial charge in [-0.15, -0.1) is 0 Å². The lowest BCUT2D eigenvalue weighted by Gasteiger charge is -2.33. The maximum Gasteiger partial charge on any atom is 0.317 e. The number of halogens is 2. The molecule has 3 amide bonds. The number of carbonyl (C=O) groups excluding carboxylic acids is 2. The van der Waals surface area contributed by atoms with Crippen molar-refractivity contribution in [3.05, 3.63) is 35.4 Å². The average Bonchev–Trinajstić information content (AvgIpc) is 2.54. The first-order valence-electron chi connectivity index (χ1n) is 8.19. The second-order valence-corrected chi connectivity index (χ2v) is 6.20. The van der Waals surface area contributed by atoms with Gasteiger partial charge in [0.1, 0.15) is 11.6 Å². The second kappa shape index (κ2) is 8.08. The van der Waals surface area contributed by atoms with Gasteiger partial charge in [0.05, 0.1) is 6.04 Å². The van der Waals surface area contributed by atoms with E-state index < -0.39 is 17.7 Å². The third-order valence-corrected chi connectivity index (χ3v) is 4.34. The summed E-state index contributed by atoms with van der Waals surface area (Å²) in [6, 6.07) is 2.27. The van der Waals surface area contributed by atoms with Crippen LogP contribution in [0.5, 0.6) is 0 Å². The van der Waals surface area contributed by atoms with Crippen molar-refractivity contribution in [2.45, 2.75) is 38.6 Å². The van der Waals surface area contributed by atoms with E-state index in [4.69, 9.17) is 5.73 Å². The second-order valence-electron chi connectivity index (χ2n) is 6.20. The molecule has 0 bridgehead atoms. The van der Waals surface area contributed by atoms with Crippen molar-refractivity contribution in [1.29, 1.82) is 0 Å². The summed E-state index contributed by atoms with van der Waals surface area (Å²) in [5.74, 6) is -1.42. The number of amides is 3. The first kappa shape index (κ1) is 18.2. The van der Waals surface area contributed by atoms with Gasteiger partial charge >= 0.3 is 6.03 Å². The molecule has 5 nitrogen and oxygen atoms in total. The highest BCUT2D eigenvalue weighted by Crippen LogP contribution is 2.23. The van der Waals surface area contributed by atoms with Crippen LogP contribution in [0.2, 0.25) is 0 Å². The Morgan fingerprint density at radius 3 is 2.83 bits per heavy atom. The number of nitrogens with two attached hydrogens (primary N) is 1. The molecule has 1 aliphatic rings. The summed E-state index contributed by atoms with van der Waals surface area (Å²) in [7, 11) is 0. The Hall–Kier alpha value is -2.18. The molecule has 2 atom stereocenters. The van der Waals surface area contributed by atoms with E-state index >= 15 is 0 Å². The molecule has 24 heavy (non-hydrogen) atoms. The van der Waals surface area contributed by atoms with E-state index in [0.29, 0.717) is 19.5 Å². The Morgan fingerprint density at radius 2 is 2.17 bits per heavy atom. The number of hydrogen-bond acceptors (Lipinski definition) is 2. The van der Waals surface area contributed by atoms with Gasteiger partial charge in [-0.3, -0.25) is 4.79 Å². The lowest BCUT2D eigenvalue weighted by atomic mass is 9.95. The largest absolute Gasteiger partial charge is 0.370 e. The van der Waals surface area contributed by atoms with Gasteiger partial charge in [-0.1, -0.05) is 6.92 Å². The Bertz CT molecular complexity index is 609. The van der Waals surface area contributed by atoms with Gasteiger partial charge in [-0.05, 0) is 43.4 Å². The first-order valence-corrected chi connectivity index (χ1v) is 8.19. The molecule has 0 aliphatic carbocycles. The van der Waals surface area contributed by atoms with Gasteiger partial charge in [0.25, 0.3) is 0 Å². The molecule has 2 rings (SSSR count). The minimum absolute atomic E-state index is 0.0491. The van der Waals surface area contributed by atoms with Crippen molar-refractivity contribution >= 4 is 11.9 Å². The highest BCUT2D eigenvalue weighted by Gasteiger charge is 2.26. The van der Waals surface area contributed by atoms with Gasteiger partial charge < -0.3 is 16.0 Å². The van der Waals surface area contributed by atoms with Gasteiger partial charge in [0, 0.05) is 25.1 Å². The zero-order valence-electron chi connectivity index (χ0n) is 13.7. The fourth-order valence-corrected chi connectivity index (χ4v) is 3.12. The molecule has 0 saturated carbocycles. The maximum absolute atomic E-state index is 13.9. The summed E-state index contributed by atoms with van der Waals surface area (Å²) in [6.07, 6.45) is 2.32. The smallest absolute Gasteiger partial charge is 0.317 e. The van der Waals surface area contributed by atoms with Gasteiger partial charge in [-0.25, -0.2) is 13.6 Å². The highest BCUT2D eigenvalue weighted by atomic mass is 19.1. The number of rotatable bonds is 5. The monoisotopic (exact) mass is 339 g/mol. The van der Waals surface area contributed by atoms with Crippen LogP contribution in [0, 0.1) is 17.6 Å². The summed E-state index contributed by atoms with van der Waals surface area (Å²) < 4.78 is 27.3. The average molecular weight is 339 g/mol. The molecule has 0 aromatic heterocycles. The van der Waals surface area contributed by atoms with E-state index in [-0.39, 0.29) is 29.8 Å². The van der Waals surface area contributed by atoms with Gasteiger partial charge in [0.15, 0.2) is 0 Å². The van der Waals surface area contributed by atoms with E-state index in [0.717, 1.165) is 31.0 Å². The number of nitrogens with one attached hydrogen (secondary N) is 1. The van der Waals surface area contributed by atoms with E-state index in [1.54, 1.807) is 11.8 Å². The molecule has 1 fully saturated rings. The third kappa shape index (κ3) is 4.66. The van der Waals surface area contributed by atoms with Crippen LogP contribution in [0.3, 0.4) is 0 Å². The maximum atomic E-state index is 13.9. The van der Waals surface area contributed by atoms with E-state index in [1.165, 1.54) is 0 Å². The number of hydrogen-bond donors (Lipinski definition) is 2. The molecule has 0 radical (unpaired) electrons. The van der Waals surface area contributed by atoms with Crippen molar-refractivity contribution in [3.8, 4) is 0 Å².